The molecule has 7 heteroatoms. The van der Waals surface area contributed by atoms with Crippen LogP contribution in [-0.4, -0.2) is 44.7 Å². The van der Waals surface area contributed by atoms with Gasteiger partial charge >= 0.3 is 0 Å². The number of hydrogen-bond donors (Lipinski definition) is 1. The van der Waals surface area contributed by atoms with Crippen molar-refractivity contribution < 1.29 is 4.79 Å². The van der Waals surface area contributed by atoms with E-state index in [9.17, 15) is 4.79 Å². The number of rotatable bonds is 4. The standard InChI is InChI=1S/C17H23N5OS/c1-11(2)18-17(23)16-20-19-15-6-12-7-21(8-13(12)9-22(15)16)10-14-4-3-5-24-14/h3-5,11-13H,6-10H2,1-2H3,(H,18,23). The highest BCUT2D eigenvalue weighted by atomic mass is 32.1. The van der Waals surface area contributed by atoms with Crippen LogP contribution in [0.3, 0.4) is 0 Å². The molecule has 2 aliphatic rings. The first-order chi connectivity index (χ1) is 11.6. The molecule has 0 aromatic carbocycles. The second-order valence-electron chi connectivity index (χ2n) is 7.18. The molecule has 0 spiro atoms. The smallest absolute Gasteiger partial charge is 0.289 e. The Morgan fingerprint density at radius 1 is 1.33 bits per heavy atom. The van der Waals surface area contributed by atoms with E-state index >= 15 is 0 Å². The van der Waals surface area contributed by atoms with E-state index in [1.165, 1.54) is 4.88 Å². The maximum Gasteiger partial charge on any atom is 0.289 e. The SMILES string of the molecule is CC(C)NC(=O)c1nnc2n1CC1CN(Cc3cccs3)CC1C2. The summed E-state index contributed by atoms with van der Waals surface area (Å²) in [7, 11) is 0. The molecule has 2 aromatic rings. The van der Waals surface area contributed by atoms with Gasteiger partial charge in [-0.3, -0.25) is 9.69 Å². The van der Waals surface area contributed by atoms with Gasteiger partial charge < -0.3 is 9.88 Å². The number of nitrogens with one attached hydrogen (secondary N) is 1. The summed E-state index contributed by atoms with van der Waals surface area (Å²) in [4.78, 5) is 16.3. The lowest BCUT2D eigenvalue weighted by Crippen LogP contribution is -2.35. The van der Waals surface area contributed by atoms with E-state index in [0.29, 0.717) is 17.7 Å². The molecule has 24 heavy (non-hydrogen) atoms. The molecule has 0 saturated carbocycles. The maximum atomic E-state index is 12.3. The van der Waals surface area contributed by atoms with E-state index in [2.05, 4.69) is 37.9 Å². The molecule has 1 N–H and O–H groups in total. The van der Waals surface area contributed by atoms with Crippen LogP contribution in [0.2, 0.25) is 0 Å². The maximum absolute atomic E-state index is 12.3. The predicted molar refractivity (Wildman–Crippen MR) is 92.9 cm³/mol. The predicted octanol–water partition coefficient (Wildman–Crippen LogP) is 1.78. The fraction of sp³-hybridized carbons (Fsp3) is 0.588. The molecule has 2 aliphatic heterocycles. The number of carbonyl (C=O) groups is 1. The van der Waals surface area contributed by atoms with Crippen LogP contribution in [0.1, 0.15) is 35.2 Å². The molecular weight excluding hydrogens is 322 g/mol. The molecule has 2 aromatic heterocycles. The van der Waals surface area contributed by atoms with E-state index in [-0.39, 0.29) is 11.9 Å². The van der Waals surface area contributed by atoms with Crippen molar-refractivity contribution in [3.63, 3.8) is 0 Å². The molecule has 128 valence electrons. The number of aromatic nitrogens is 3. The minimum absolute atomic E-state index is 0.106. The Morgan fingerprint density at radius 3 is 2.92 bits per heavy atom. The second-order valence-corrected chi connectivity index (χ2v) is 8.21. The molecule has 1 amide bonds. The van der Waals surface area contributed by atoms with E-state index in [1.54, 1.807) is 0 Å². The van der Waals surface area contributed by atoms with Crippen LogP contribution in [0.5, 0.6) is 0 Å². The summed E-state index contributed by atoms with van der Waals surface area (Å²) in [5, 5.41) is 13.5. The first-order valence-electron chi connectivity index (χ1n) is 8.58. The van der Waals surface area contributed by atoms with Crippen LogP contribution < -0.4 is 5.32 Å². The second kappa shape index (κ2) is 6.29. The zero-order valence-electron chi connectivity index (χ0n) is 14.1. The molecule has 0 bridgehead atoms. The lowest BCUT2D eigenvalue weighted by atomic mass is 9.89. The summed E-state index contributed by atoms with van der Waals surface area (Å²) >= 11 is 1.82. The highest BCUT2D eigenvalue weighted by Crippen LogP contribution is 2.33. The zero-order chi connectivity index (χ0) is 16.7. The largest absolute Gasteiger partial charge is 0.347 e. The monoisotopic (exact) mass is 345 g/mol. The molecule has 0 radical (unpaired) electrons. The minimum Gasteiger partial charge on any atom is -0.347 e. The van der Waals surface area contributed by atoms with Crippen molar-refractivity contribution in [1.29, 1.82) is 0 Å². The summed E-state index contributed by atoms with van der Waals surface area (Å²) in [6.45, 7) is 8.01. The van der Waals surface area contributed by atoms with Gasteiger partial charge in [0.25, 0.3) is 5.91 Å². The number of likely N-dealkylation sites (tertiary alicyclic amines) is 1. The summed E-state index contributed by atoms with van der Waals surface area (Å²) < 4.78 is 2.04. The third-order valence-corrected chi connectivity index (χ3v) is 5.78. The fourth-order valence-electron chi connectivity index (χ4n) is 3.87. The van der Waals surface area contributed by atoms with Crippen molar-refractivity contribution in [3.05, 3.63) is 34.0 Å². The normalized spacial score (nSPS) is 23.3. The Morgan fingerprint density at radius 2 is 2.17 bits per heavy atom. The van der Waals surface area contributed by atoms with Gasteiger partial charge in [-0.25, -0.2) is 0 Å². The molecule has 1 saturated heterocycles. The first-order valence-corrected chi connectivity index (χ1v) is 9.46. The number of fused-ring (bicyclic) bond motifs is 2. The Bertz CT molecular complexity index is 723. The molecule has 2 atom stereocenters. The minimum atomic E-state index is -0.115. The Hall–Kier alpha value is -1.73. The number of amides is 1. The number of hydrogen-bond acceptors (Lipinski definition) is 5. The zero-order valence-corrected chi connectivity index (χ0v) is 14.9. The summed E-state index contributed by atoms with van der Waals surface area (Å²) in [6, 6.07) is 4.43. The molecule has 0 aliphatic carbocycles. The van der Waals surface area contributed by atoms with E-state index in [1.807, 2.05) is 29.8 Å². The van der Waals surface area contributed by atoms with Crippen molar-refractivity contribution in [2.75, 3.05) is 13.1 Å². The van der Waals surface area contributed by atoms with Crippen LogP contribution in [-0.2, 0) is 19.5 Å². The van der Waals surface area contributed by atoms with Crippen molar-refractivity contribution >= 4 is 17.2 Å². The van der Waals surface area contributed by atoms with Crippen LogP contribution in [0.4, 0.5) is 0 Å². The Kier molecular flexibility index (Phi) is 4.14. The van der Waals surface area contributed by atoms with Gasteiger partial charge in [-0.15, -0.1) is 21.5 Å². The van der Waals surface area contributed by atoms with Crippen LogP contribution in [0.15, 0.2) is 17.5 Å². The Balaban J connectivity index is 1.46. The molecule has 4 heterocycles. The molecule has 6 nitrogen and oxygen atoms in total. The number of nitrogens with zero attached hydrogens (tertiary/aromatic N) is 4. The summed E-state index contributed by atoms with van der Waals surface area (Å²) in [5.41, 5.74) is 0. The van der Waals surface area contributed by atoms with Crippen molar-refractivity contribution in [2.45, 2.75) is 39.4 Å². The quantitative estimate of drug-likeness (QED) is 0.917. The lowest BCUT2D eigenvalue weighted by molar-refractivity contribution is 0.0924. The van der Waals surface area contributed by atoms with Crippen molar-refractivity contribution in [2.24, 2.45) is 11.8 Å². The van der Waals surface area contributed by atoms with Gasteiger partial charge in [-0.2, -0.15) is 0 Å². The fourth-order valence-corrected chi connectivity index (χ4v) is 4.61. The number of carbonyl (C=O) groups excluding carboxylic acids is 1. The van der Waals surface area contributed by atoms with E-state index in [0.717, 1.165) is 38.4 Å². The van der Waals surface area contributed by atoms with Crippen molar-refractivity contribution in [3.8, 4) is 0 Å². The van der Waals surface area contributed by atoms with Crippen molar-refractivity contribution in [1.82, 2.24) is 25.0 Å². The van der Waals surface area contributed by atoms with E-state index < -0.39 is 0 Å². The van der Waals surface area contributed by atoms with Gasteiger partial charge in [0.1, 0.15) is 5.82 Å². The first kappa shape index (κ1) is 15.8. The summed E-state index contributed by atoms with van der Waals surface area (Å²) in [5.74, 6) is 2.52. The molecule has 2 unspecified atom stereocenters. The van der Waals surface area contributed by atoms with Gasteiger partial charge in [-0.05, 0) is 37.1 Å². The van der Waals surface area contributed by atoms with Gasteiger partial charge in [0.05, 0.1) is 0 Å². The Labute approximate surface area is 145 Å². The highest BCUT2D eigenvalue weighted by Gasteiger charge is 2.39. The topological polar surface area (TPSA) is 63.1 Å². The van der Waals surface area contributed by atoms with Gasteiger partial charge in [0.2, 0.25) is 5.82 Å². The summed E-state index contributed by atoms with van der Waals surface area (Å²) in [6.07, 6.45) is 0.924. The molecule has 4 rings (SSSR count). The third-order valence-electron chi connectivity index (χ3n) is 4.92. The van der Waals surface area contributed by atoms with Crippen LogP contribution >= 0.6 is 11.3 Å². The molecular formula is C17H23N5OS. The van der Waals surface area contributed by atoms with Crippen LogP contribution in [0, 0.1) is 11.8 Å². The average Bonchev–Trinajstić information content (AvgIpc) is 3.22. The average molecular weight is 345 g/mol. The van der Waals surface area contributed by atoms with E-state index in [4.69, 9.17) is 0 Å². The van der Waals surface area contributed by atoms with Crippen LogP contribution in [0.25, 0.3) is 0 Å². The molecule has 1 fully saturated rings. The number of thiophene rings is 1. The highest BCUT2D eigenvalue weighted by molar-refractivity contribution is 7.09. The van der Waals surface area contributed by atoms with Gasteiger partial charge in [0.15, 0.2) is 0 Å². The van der Waals surface area contributed by atoms with Gasteiger partial charge in [-0.1, -0.05) is 6.07 Å². The lowest BCUT2D eigenvalue weighted by Gasteiger charge is -2.25. The third kappa shape index (κ3) is 2.98. The van der Waals surface area contributed by atoms with Gasteiger partial charge in [0, 0.05) is 43.5 Å².